The van der Waals surface area contributed by atoms with Crippen molar-refractivity contribution in [2.45, 2.75) is 25.4 Å². The van der Waals surface area contributed by atoms with Gasteiger partial charge in [0.25, 0.3) is 0 Å². The summed E-state index contributed by atoms with van der Waals surface area (Å²) in [6.45, 7) is 3.99. The second-order valence-electron chi connectivity index (χ2n) is 8.61. The number of piperidine rings is 1. The number of hydrogen-bond donors (Lipinski definition) is 2. The van der Waals surface area contributed by atoms with E-state index in [-0.39, 0.29) is 5.75 Å². The van der Waals surface area contributed by atoms with Gasteiger partial charge < -0.3 is 14.9 Å². The van der Waals surface area contributed by atoms with Crippen LogP contribution < -0.4 is 4.74 Å². The van der Waals surface area contributed by atoms with Gasteiger partial charge in [0.15, 0.2) is 0 Å². The molecule has 1 saturated heterocycles. The van der Waals surface area contributed by atoms with Gasteiger partial charge in [-0.1, -0.05) is 36.8 Å². The van der Waals surface area contributed by atoms with Crippen LogP contribution in [0, 0.1) is 0 Å². The number of fused-ring (bicyclic) bond motifs is 1. The number of likely N-dealkylation sites (tertiary alicyclic amines) is 1. The van der Waals surface area contributed by atoms with E-state index in [1.54, 1.807) is 23.5 Å². The Balaban J connectivity index is 1.36. The van der Waals surface area contributed by atoms with E-state index < -0.39 is 6.10 Å². The van der Waals surface area contributed by atoms with Crippen LogP contribution in [-0.4, -0.2) is 41.4 Å². The number of aromatic hydroxyl groups is 1. The van der Waals surface area contributed by atoms with Crippen LogP contribution in [0.3, 0.4) is 0 Å². The minimum atomic E-state index is -0.757. The summed E-state index contributed by atoms with van der Waals surface area (Å²) in [5.41, 5.74) is 2.72. The monoisotopic (exact) mass is 459 g/mol. The van der Waals surface area contributed by atoms with Crippen molar-refractivity contribution >= 4 is 21.4 Å². The average Bonchev–Trinajstić information content (AvgIpc) is 3.25. The summed E-state index contributed by atoms with van der Waals surface area (Å²) in [7, 11) is 0. The molecule has 2 N–H and O–H groups in total. The minimum Gasteiger partial charge on any atom is -0.508 e. The molecule has 5 heteroatoms. The first-order chi connectivity index (χ1) is 16.2. The van der Waals surface area contributed by atoms with Crippen molar-refractivity contribution in [3.05, 3.63) is 83.9 Å². The number of phenols is 1. The molecule has 1 aliphatic heterocycles. The third kappa shape index (κ3) is 4.91. The Labute approximate surface area is 198 Å². The Morgan fingerprint density at radius 1 is 0.879 bits per heavy atom. The van der Waals surface area contributed by atoms with Gasteiger partial charge in [-0.2, -0.15) is 0 Å². The molecule has 33 heavy (non-hydrogen) atoms. The highest BCUT2D eigenvalue weighted by atomic mass is 32.1. The quantitative estimate of drug-likeness (QED) is 0.344. The number of benzene rings is 3. The normalized spacial score (nSPS) is 15.5. The average molecular weight is 460 g/mol. The lowest BCUT2D eigenvalue weighted by Crippen LogP contribution is -2.33. The van der Waals surface area contributed by atoms with Crippen molar-refractivity contribution in [1.82, 2.24) is 4.90 Å². The number of rotatable bonds is 7. The topological polar surface area (TPSA) is 52.9 Å². The van der Waals surface area contributed by atoms with E-state index in [4.69, 9.17) is 4.74 Å². The van der Waals surface area contributed by atoms with E-state index in [0.29, 0.717) is 6.61 Å². The summed E-state index contributed by atoms with van der Waals surface area (Å²) in [5.74, 6) is 1.06. The van der Waals surface area contributed by atoms with Crippen molar-refractivity contribution < 1.29 is 14.9 Å². The van der Waals surface area contributed by atoms with Crippen molar-refractivity contribution in [3.8, 4) is 21.9 Å². The molecular formula is C28H29NO3S. The molecule has 1 unspecified atom stereocenters. The van der Waals surface area contributed by atoms with Gasteiger partial charge >= 0.3 is 0 Å². The van der Waals surface area contributed by atoms with E-state index >= 15 is 0 Å². The van der Waals surface area contributed by atoms with Gasteiger partial charge in [-0.05, 0) is 84.9 Å². The number of thiophene rings is 1. The first-order valence-corrected chi connectivity index (χ1v) is 12.4. The molecule has 170 valence electrons. The van der Waals surface area contributed by atoms with Crippen LogP contribution in [0.15, 0.2) is 72.8 Å². The largest absolute Gasteiger partial charge is 0.508 e. The molecule has 4 nitrogen and oxygen atoms in total. The molecule has 0 bridgehead atoms. The molecule has 1 atom stereocenters. The standard InChI is InChI=1S/C28H29NO3S/c30-22-12-8-21(9-13-22)28-26(24-6-2-3-7-25(24)33-28)27(31)20-10-14-23(15-11-20)32-19-18-29-16-4-1-5-17-29/h2-3,6-15,27,30-31H,1,4-5,16-19H2. The Morgan fingerprint density at radius 2 is 1.61 bits per heavy atom. The highest BCUT2D eigenvalue weighted by Gasteiger charge is 2.22. The van der Waals surface area contributed by atoms with Gasteiger partial charge in [-0.3, -0.25) is 4.90 Å². The summed E-state index contributed by atoms with van der Waals surface area (Å²) in [5, 5.41) is 22.2. The van der Waals surface area contributed by atoms with E-state index in [1.165, 1.54) is 32.4 Å². The second kappa shape index (κ2) is 9.96. The van der Waals surface area contributed by atoms with E-state index in [1.807, 2.05) is 48.5 Å². The maximum Gasteiger partial charge on any atom is 0.119 e. The van der Waals surface area contributed by atoms with Crippen LogP contribution in [0.2, 0.25) is 0 Å². The summed E-state index contributed by atoms with van der Waals surface area (Å²) in [6, 6.07) is 23.1. The van der Waals surface area contributed by atoms with Crippen molar-refractivity contribution in [3.63, 3.8) is 0 Å². The van der Waals surface area contributed by atoms with Gasteiger partial charge in [0.1, 0.15) is 24.2 Å². The Kier molecular flexibility index (Phi) is 6.63. The number of nitrogens with zero attached hydrogens (tertiary/aromatic N) is 1. The second-order valence-corrected chi connectivity index (χ2v) is 9.66. The van der Waals surface area contributed by atoms with Crippen LogP contribution in [-0.2, 0) is 0 Å². The maximum absolute atomic E-state index is 11.4. The number of aliphatic hydroxyl groups excluding tert-OH is 1. The molecule has 1 fully saturated rings. The fraction of sp³-hybridized carbons (Fsp3) is 0.286. The molecule has 0 aliphatic carbocycles. The number of phenolic OH excluding ortho intramolecular Hbond substituents is 1. The Hall–Kier alpha value is -2.86. The summed E-state index contributed by atoms with van der Waals surface area (Å²) in [6.07, 6.45) is 3.16. The molecule has 0 saturated carbocycles. The summed E-state index contributed by atoms with van der Waals surface area (Å²) >= 11 is 1.66. The lowest BCUT2D eigenvalue weighted by atomic mass is 9.96. The molecule has 3 aromatic carbocycles. The van der Waals surface area contributed by atoms with E-state index in [2.05, 4.69) is 17.0 Å². The van der Waals surface area contributed by atoms with E-state index in [9.17, 15) is 10.2 Å². The molecule has 1 aliphatic rings. The fourth-order valence-corrected chi connectivity index (χ4v) is 5.79. The zero-order valence-corrected chi connectivity index (χ0v) is 19.4. The first kappa shape index (κ1) is 22.0. The Morgan fingerprint density at radius 3 is 2.36 bits per heavy atom. The third-order valence-corrected chi connectivity index (χ3v) is 7.59. The van der Waals surface area contributed by atoms with Crippen LogP contribution in [0.4, 0.5) is 0 Å². The lowest BCUT2D eigenvalue weighted by Gasteiger charge is -2.26. The lowest BCUT2D eigenvalue weighted by molar-refractivity contribution is 0.183. The number of ether oxygens (including phenoxy) is 1. The predicted molar refractivity (Wildman–Crippen MR) is 135 cm³/mol. The van der Waals surface area contributed by atoms with Gasteiger partial charge in [0, 0.05) is 21.7 Å². The third-order valence-electron chi connectivity index (χ3n) is 6.36. The summed E-state index contributed by atoms with van der Waals surface area (Å²) in [4.78, 5) is 3.49. The molecular weight excluding hydrogens is 430 g/mol. The Bertz CT molecular complexity index is 1190. The zero-order valence-electron chi connectivity index (χ0n) is 18.6. The van der Waals surface area contributed by atoms with Crippen molar-refractivity contribution in [1.29, 1.82) is 0 Å². The number of aliphatic hydroxyl groups is 1. The van der Waals surface area contributed by atoms with Crippen molar-refractivity contribution in [2.75, 3.05) is 26.2 Å². The maximum atomic E-state index is 11.4. The van der Waals surface area contributed by atoms with Crippen LogP contribution in [0.5, 0.6) is 11.5 Å². The first-order valence-electron chi connectivity index (χ1n) is 11.6. The molecule has 0 amide bonds. The van der Waals surface area contributed by atoms with Gasteiger partial charge in [0.05, 0.1) is 0 Å². The minimum absolute atomic E-state index is 0.234. The molecule has 5 rings (SSSR count). The highest BCUT2D eigenvalue weighted by Crippen LogP contribution is 2.44. The van der Waals surface area contributed by atoms with Crippen molar-refractivity contribution in [2.24, 2.45) is 0 Å². The molecule has 4 aromatic rings. The highest BCUT2D eigenvalue weighted by molar-refractivity contribution is 7.22. The zero-order chi connectivity index (χ0) is 22.6. The fourth-order valence-electron chi connectivity index (χ4n) is 4.55. The smallest absolute Gasteiger partial charge is 0.119 e. The number of hydrogen-bond acceptors (Lipinski definition) is 5. The molecule has 1 aromatic heterocycles. The van der Waals surface area contributed by atoms with Crippen LogP contribution >= 0.6 is 11.3 Å². The van der Waals surface area contributed by atoms with E-state index in [0.717, 1.165) is 43.9 Å². The predicted octanol–water partition coefficient (Wildman–Crippen LogP) is 6.22. The van der Waals surface area contributed by atoms with Gasteiger partial charge in [0.2, 0.25) is 0 Å². The van der Waals surface area contributed by atoms with Crippen LogP contribution in [0.1, 0.15) is 36.5 Å². The molecule has 0 spiro atoms. The van der Waals surface area contributed by atoms with Crippen LogP contribution in [0.25, 0.3) is 20.5 Å². The van der Waals surface area contributed by atoms with Gasteiger partial charge in [-0.25, -0.2) is 0 Å². The SMILES string of the molecule is Oc1ccc(-c2sc3ccccc3c2C(O)c2ccc(OCCN3CCCCC3)cc2)cc1. The molecule has 0 radical (unpaired) electrons. The summed E-state index contributed by atoms with van der Waals surface area (Å²) < 4.78 is 7.10. The van der Waals surface area contributed by atoms with Gasteiger partial charge in [-0.15, -0.1) is 11.3 Å². The molecule has 2 heterocycles.